The lowest BCUT2D eigenvalue weighted by molar-refractivity contribution is -0.139. The molecule has 24 aromatic rings. The van der Waals surface area contributed by atoms with Gasteiger partial charge in [-0.1, -0.05) is 36.4 Å². The second-order valence-corrected chi connectivity index (χ2v) is 32.4. The highest BCUT2D eigenvalue weighted by Crippen LogP contribution is 2.42. The van der Waals surface area contributed by atoms with Crippen LogP contribution >= 0.6 is 0 Å². The first-order valence-electron chi connectivity index (χ1n) is 42.5. The van der Waals surface area contributed by atoms with Gasteiger partial charge in [-0.15, -0.1) is 0 Å². The third kappa shape index (κ3) is 17.1. The van der Waals surface area contributed by atoms with E-state index in [1.54, 1.807) is 170 Å². The molecule has 0 unspecified atom stereocenters. The summed E-state index contributed by atoms with van der Waals surface area (Å²) >= 11 is 0. The molecule has 0 aliphatic carbocycles. The van der Waals surface area contributed by atoms with E-state index < -0.39 is 30.8 Å². The summed E-state index contributed by atoms with van der Waals surface area (Å²) < 4.78 is 148. The summed E-state index contributed by atoms with van der Waals surface area (Å²) in [6.07, 6.45) is 21.8. The zero-order valence-electron chi connectivity index (χ0n) is 72.9. The fraction of sp³-hybridized carbons (Fsp3) is 0.0769. The lowest BCUT2D eigenvalue weighted by atomic mass is 10.0. The summed E-state index contributed by atoms with van der Waals surface area (Å²) in [5.74, 6) is -2.81. The number of fused-ring (bicyclic) bond motifs is 18. The minimum absolute atomic E-state index is 0.102. The maximum atomic E-state index is 14.7. The molecule has 6 aromatic carbocycles. The van der Waals surface area contributed by atoms with E-state index in [4.69, 9.17) is 0 Å². The van der Waals surface area contributed by atoms with Crippen molar-refractivity contribution in [2.75, 3.05) is 0 Å². The van der Waals surface area contributed by atoms with E-state index in [1.807, 2.05) is 95.5 Å². The minimum atomic E-state index is -4.34. The fourth-order valence-electron chi connectivity index (χ4n) is 17.7. The van der Waals surface area contributed by atoms with Gasteiger partial charge in [-0.2, -0.15) is 13.2 Å². The molecule has 0 saturated carbocycles. The highest BCUT2D eigenvalue weighted by Gasteiger charge is 2.31. The molecule has 18 heterocycles. The Morgan fingerprint density at radius 3 is 1.08 bits per heavy atom. The lowest BCUT2D eigenvalue weighted by Gasteiger charge is -2.11. The number of aromatic amines is 6. The summed E-state index contributed by atoms with van der Waals surface area (Å²) in [5, 5.41) is 8.76. The summed E-state index contributed by atoms with van der Waals surface area (Å²) in [6, 6.07) is 52.4. The monoisotopic (exact) mass is 1860 g/mol. The van der Waals surface area contributed by atoms with Gasteiger partial charge in [-0.3, -0.25) is 58.7 Å². The van der Waals surface area contributed by atoms with Crippen molar-refractivity contribution in [3.05, 3.63) is 391 Å². The number of aromatic nitrogens is 18. The SMILES string of the molecule is Cn1c2cc(-c3ccc(=O)[nH]c3)ccc2c2cncc(F)c21.Cn1c2ccncc2c2c(F)c(F)c(-c3ccc(=O)[nH]c3)cc21.Cn1c2ccncc2c2c(F)cc(-c3ccc(=O)[nH]c3)cc21.Cn1c2ccncc2c2cc(F)c(-c3ccc(=O)[nH]c3)cc21.O=c1ccc(-c2ccc3c4cnccc4n(CC(F)(F)F)c3c2)c[nH]1.O=c1ccc(-c2ccc3c4cnccc4n(CC(F)F)c3c2)c[nH]1. The highest BCUT2D eigenvalue weighted by atomic mass is 19.4. The number of nitrogens with zero attached hydrogens (tertiary/aromatic N) is 12. The molecule has 0 amide bonds. The van der Waals surface area contributed by atoms with Crippen LogP contribution in [0.2, 0.25) is 0 Å². The zero-order chi connectivity index (χ0) is 96.2. The van der Waals surface area contributed by atoms with Crippen LogP contribution in [0.1, 0.15) is 0 Å². The number of hydrogen-bond donors (Lipinski definition) is 6. The van der Waals surface area contributed by atoms with Crippen LogP contribution in [0.15, 0.2) is 328 Å². The number of pyridine rings is 12. The average molecular weight is 1860 g/mol. The quantitative estimate of drug-likeness (QED) is 0.0735. The number of aryl methyl sites for hydroxylation is 4. The smallest absolute Gasteiger partial charge is 0.343 e. The molecule has 0 radical (unpaired) electrons. The molecule has 0 fully saturated rings. The Kier molecular flexibility index (Phi) is 23.6. The van der Waals surface area contributed by atoms with Gasteiger partial charge in [-0.05, 0) is 160 Å². The van der Waals surface area contributed by atoms with Crippen LogP contribution in [-0.4, -0.2) is 99.8 Å². The Morgan fingerprint density at radius 2 is 0.623 bits per heavy atom. The van der Waals surface area contributed by atoms with Gasteiger partial charge in [0.2, 0.25) is 33.4 Å². The van der Waals surface area contributed by atoms with Crippen LogP contribution in [-0.2, 0) is 41.3 Å². The van der Waals surface area contributed by atoms with Gasteiger partial charge < -0.3 is 57.3 Å². The number of benzene rings is 6. The molecule has 24 nitrogen and oxygen atoms in total. The molecule has 138 heavy (non-hydrogen) atoms. The predicted molar refractivity (Wildman–Crippen MR) is 516 cm³/mol. The molecule has 684 valence electrons. The maximum Gasteiger partial charge on any atom is 0.406 e. The molecular formula is C104H72F10N18O6. The van der Waals surface area contributed by atoms with E-state index in [9.17, 15) is 72.7 Å². The fourth-order valence-corrected chi connectivity index (χ4v) is 17.7. The number of halogens is 10. The van der Waals surface area contributed by atoms with Gasteiger partial charge in [0.05, 0.1) is 62.4 Å². The second-order valence-electron chi connectivity index (χ2n) is 32.4. The van der Waals surface area contributed by atoms with Crippen molar-refractivity contribution < 1.29 is 43.9 Å². The molecule has 18 aromatic heterocycles. The van der Waals surface area contributed by atoms with Crippen molar-refractivity contribution in [1.29, 1.82) is 0 Å². The average Bonchev–Trinajstić information content (AvgIpc) is 1.59. The molecule has 24 rings (SSSR count). The van der Waals surface area contributed by atoms with E-state index in [0.717, 1.165) is 126 Å². The maximum absolute atomic E-state index is 14.7. The number of alkyl halides is 5. The molecule has 0 aliphatic heterocycles. The second kappa shape index (κ2) is 36.5. The predicted octanol–water partition coefficient (Wildman–Crippen LogP) is 20.9. The van der Waals surface area contributed by atoms with E-state index in [1.165, 1.54) is 90.1 Å². The van der Waals surface area contributed by atoms with Crippen molar-refractivity contribution in [3.8, 4) is 66.8 Å². The third-order valence-electron chi connectivity index (χ3n) is 24.2. The summed E-state index contributed by atoms with van der Waals surface area (Å²) in [7, 11) is 7.48. The first kappa shape index (κ1) is 89.3. The topological polar surface area (TPSA) is 304 Å². The van der Waals surface area contributed by atoms with Crippen molar-refractivity contribution in [1.82, 2.24) is 87.2 Å². The number of nitrogens with one attached hydrogen (secondary N) is 6. The van der Waals surface area contributed by atoms with E-state index >= 15 is 0 Å². The van der Waals surface area contributed by atoms with E-state index in [0.29, 0.717) is 60.3 Å². The summed E-state index contributed by atoms with van der Waals surface area (Å²) in [5.41, 5.74) is 15.7. The van der Waals surface area contributed by atoms with Crippen LogP contribution in [0.4, 0.5) is 43.9 Å². The van der Waals surface area contributed by atoms with Crippen LogP contribution < -0.4 is 33.4 Å². The van der Waals surface area contributed by atoms with Gasteiger partial charge in [0.25, 0.3) is 6.43 Å². The summed E-state index contributed by atoms with van der Waals surface area (Å²) in [4.78, 5) is 107. The van der Waals surface area contributed by atoms with Gasteiger partial charge in [0.1, 0.15) is 18.2 Å². The molecule has 0 aliphatic rings. The van der Waals surface area contributed by atoms with Crippen molar-refractivity contribution >= 4 is 131 Å². The van der Waals surface area contributed by atoms with Crippen LogP contribution in [0.5, 0.6) is 0 Å². The van der Waals surface area contributed by atoms with Gasteiger partial charge in [0, 0.05) is 273 Å². The Labute approximate surface area is 769 Å². The Hall–Kier alpha value is -18.0. The van der Waals surface area contributed by atoms with E-state index in [2.05, 4.69) is 59.8 Å². The van der Waals surface area contributed by atoms with Crippen molar-refractivity contribution in [2.24, 2.45) is 28.2 Å². The van der Waals surface area contributed by atoms with Crippen molar-refractivity contribution in [3.63, 3.8) is 0 Å². The molecule has 0 bridgehead atoms. The molecule has 0 saturated heterocycles. The van der Waals surface area contributed by atoms with Gasteiger partial charge in [0.15, 0.2) is 17.5 Å². The Morgan fingerprint density at radius 1 is 0.275 bits per heavy atom. The van der Waals surface area contributed by atoms with Crippen LogP contribution in [0.3, 0.4) is 0 Å². The summed E-state index contributed by atoms with van der Waals surface area (Å²) in [6.45, 7) is -1.45. The van der Waals surface area contributed by atoms with E-state index in [-0.39, 0.29) is 68.3 Å². The van der Waals surface area contributed by atoms with Gasteiger partial charge in [-0.25, -0.2) is 30.7 Å². The molecule has 34 heteroatoms. The molecule has 0 spiro atoms. The van der Waals surface area contributed by atoms with Crippen LogP contribution in [0.25, 0.3) is 198 Å². The Bertz CT molecular complexity index is 9240. The lowest BCUT2D eigenvalue weighted by Crippen LogP contribution is -2.17. The third-order valence-corrected chi connectivity index (χ3v) is 24.2. The van der Waals surface area contributed by atoms with Crippen LogP contribution in [0, 0.1) is 29.1 Å². The number of rotatable bonds is 9. The standard InChI is InChI=1S/C18H12F3N3O.C18H13F2N3O.C17H11F2N3O.3C17H12FN3O/c19-18(20,21)10-24-15-5-6-22-9-14(15)13-3-1-11(7-16(13)24)12-2-4-17(25)23-8-12;19-17(20)10-23-15-5-6-21-9-14(15)13-3-1-11(7-16(13)23)12-2-4-18(24)22-8-12;1-22-12-4-5-20-8-11(12)15-13(22)6-10(16(18)17(15)19)9-2-3-14(23)21-7-9;1-21-15-6-10(11-3-5-16(22)20-7-11)2-4-12(15)13-8-19-9-14(18)17(13)21;1-21-15-4-5-19-9-13(15)12-6-14(18)11(7-16(12)21)10-2-3-17(22)20-8-10;1-21-14-4-5-19-9-12(14)17-13(18)6-11(7-15(17)21)10-2-3-16(22)20-8-10/h1-9H,10H2,(H,23,25);1-9,17H,10H2,(H,22,24);2-8H,1H3,(H,21,23);3*2-9H,1H3,(H,20,22). The molecule has 0 atom stereocenters. The van der Waals surface area contributed by atoms with Crippen molar-refractivity contribution in [2.45, 2.75) is 25.7 Å². The first-order chi connectivity index (χ1) is 66.6. The Balaban J connectivity index is 0.000000106. The largest absolute Gasteiger partial charge is 0.406 e. The first-order valence-corrected chi connectivity index (χ1v) is 42.5. The molecular weight excluding hydrogens is 1790 g/mol. The zero-order valence-corrected chi connectivity index (χ0v) is 72.9. The number of hydrogen-bond acceptors (Lipinski definition) is 12. The van der Waals surface area contributed by atoms with Gasteiger partial charge >= 0.3 is 6.18 Å². The normalized spacial score (nSPS) is 11.6. The minimum Gasteiger partial charge on any atom is -0.343 e. The highest BCUT2D eigenvalue weighted by molar-refractivity contribution is 6.14. The number of H-pyrrole nitrogens is 6. The molecule has 6 N–H and O–H groups in total.